The summed E-state index contributed by atoms with van der Waals surface area (Å²) in [6.45, 7) is 1.84. The van der Waals surface area contributed by atoms with Crippen LogP contribution < -0.4 is 0 Å². The van der Waals surface area contributed by atoms with E-state index in [9.17, 15) is 15.0 Å². The zero-order chi connectivity index (χ0) is 18.2. The number of hydrogen-bond donors (Lipinski definition) is 2. The molecule has 2 bridgehead atoms. The Labute approximate surface area is 152 Å². The predicted molar refractivity (Wildman–Crippen MR) is 89.9 cm³/mol. The van der Waals surface area contributed by atoms with Crippen LogP contribution in [0.3, 0.4) is 0 Å². The molecule has 0 amide bonds. The first-order valence-electron chi connectivity index (χ1n) is 9.64. The minimum absolute atomic E-state index is 0.0344. The largest absolute Gasteiger partial charge is 0.472 e. The maximum atomic E-state index is 13.2. The van der Waals surface area contributed by atoms with Crippen LogP contribution in [0.5, 0.6) is 0 Å². The van der Waals surface area contributed by atoms with Crippen LogP contribution >= 0.6 is 0 Å². The molecule has 6 nitrogen and oxygen atoms in total. The fourth-order valence-corrected chi connectivity index (χ4v) is 6.64. The van der Waals surface area contributed by atoms with Gasteiger partial charge in [-0.05, 0) is 37.2 Å². The van der Waals surface area contributed by atoms with Crippen LogP contribution in [-0.2, 0) is 14.3 Å². The number of carbonyl (C=O) groups is 1. The Bertz CT molecular complexity index is 716. The predicted octanol–water partition coefficient (Wildman–Crippen LogP) is 2.20. The fraction of sp³-hybridized carbons (Fsp3) is 0.750. The van der Waals surface area contributed by atoms with Crippen LogP contribution in [0.4, 0.5) is 0 Å². The molecule has 3 heterocycles. The van der Waals surface area contributed by atoms with Crippen molar-refractivity contribution in [2.24, 2.45) is 22.7 Å². The van der Waals surface area contributed by atoms with Gasteiger partial charge < -0.3 is 24.1 Å². The first kappa shape index (κ1) is 16.9. The van der Waals surface area contributed by atoms with Crippen molar-refractivity contribution in [3.8, 4) is 0 Å². The highest BCUT2D eigenvalue weighted by Crippen LogP contribution is 2.70. The summed E-state index contributed by atoms with van der Waals surface area (Å²) in [7, 11) is 0. The van der Waals surface area contributed by atoms with E-state index in [1.807, 2.05) is 6.07 Å². The summed E-state index contributed by atoms with van der Waals surface area (Å²) in [6.07, 6.45) is 6.08. The zero-order valence-corrected chi connectivity index (χ0v) is 15.0. The van der Waals surface area contributed by atoms with Crippen molar-refractivity contribution in [3.05, 3.63) is 24.2 Å². The van der Waals surface area contributed by atoms with Crippen LogP contribution in [-0.4, -0.2) is 41.1 Å². The normalized spacial score (nSPS) is 50.3. The lowest BCUT2D eigenvalue weighted by atomic mass is 9.41. The SMILES string of the molecule is C[C@@H]1CC(=O)[C@]23CO[C@H]4O[C@H](c5ccoc5)C[C@]41[C@H]2CCC[C@]3(O)CO. The quantitative estimate of drug-likeness (QED) is 0.838. The van der Waals surface area contributed by atoms with Gasteiger partial charge in [-0.15, -0.1) is 0 Å². The Morgan fingerprint density at radius 2 is 2.23 bits per heavy atom. The third-order valence-corrected chi connectivity index (χ3v) is 7.97. The topological polar surface area (TPSA) is 89.1 Å². The van der Waals surface area contributed by atoms with Gasteiger partial charge in [0, 0.05) is 17.4 Å². The summed E-state index contributed by atoms with van der Waals surface area (Å²) in [5.41, 5.74) is -1.76. The van der Waals surface area contributed by atoms with Gasteiger partial charge in [0.05, 0.1) is 37.3 Å². The molecule has 1 spiro atoms. The van der Waals surface area contributed by atoms with Crippen molar-refractivity contribution >= 4 is 5.78 Å². The van der Waals surface area contributed by atoms with E-state index in [1.54, 1.807) is 12.5 Å². The summed E-state index contributed by atoms with van der Waals surface area (Å²) in [5.74, 6) is 0.117. The Balaban J connectivity index is 1.63. The molecule has 4 aliphatic rings. The minimum atomic E-state index is -1.40. The lowest BCUT2D eigenvalue weighted by Gasteiger charge is -2.66. The van der Waals surface area contributed by atoms with Gasteiger partial charge in [-0.2, -0.15) is 0 Å². The number of aliphatic hydroxyl groups is 2. The van der Waals surface area contributed by atoms with Crippen molar-refractivity contribution in [2.75, 3.05) is 13.2 Å². The van der Waals surface area contributed by atoms with Crippen LogP contribution in [0.25, 0.3) is 0 Å². The summed E-state index contributed by atoms with van der Waals surface area (Å²) < 4.78 is 17.7. The van der Waals surface area contributed by atoms with Crippen molar-refractivity contribution in [1.29, 1.82) is 0 Å². The van der Waals surface area contributed by atoms with Crippen molar-refractivity contribution in [3.63, 3.8) is 0 Å². The van der Waals surface area contributed by atoms with Gasteiger partial charge in [0.1, 0.15) is 11.4 Å². The molecule has 2 aliphatic carbocycles. The highest BCUT2D eigenvalue weighted by molar-refractivity contribution is 5.88. The second-order valence-corrected chi connectivity index (χ2v) is 8.78. The molecule has 0 radical (unpaired) electrons. The molecule has 5 rings (SSSR count). The number of hydrogen-bond acceptors (Lipinski definition) is 6. The van der Waals surface area contributed by atoms with Crippen molar-refractivity contribution in [2.45, 2.75) is 57.0 Å². The Kier molecular flexibility index (Phi) is 3.52. The molecule has 6 heteroatoms. The van der Waals surface area contributed by atoms with Crippen LogP contribution in [0.1, 0.15) is 50.7 Å². The molecule has 1 aromatic rings. The number of rotatable bonds is 2. The van der Waals surface area contributed by atoms with Gasteiger partial charge in [-0.3, -0.25) is 4.79 Å². The second kappa shape index (κ2) is 5.41. The van der Waals surface area contributed by atoms with E-state index in [2.05, 4.69) is 6.92 Å². The number of ketones is 1. The van der Waals surface area contributed by atoms with Gasteiger partial charge in [0.25, 0.3) is 0 Å². The minimum Gasteiger partial charge on any atom is -0.472 e. The number of Topliss-reactive ketones (excluding diaryl/α,β-unsaturated/α-hetero) is 1. The van der Waals surface area contributed by atoms with E-state index < -0.39 is 17.6 Å². The monoisotopic (exact) mass is 362 g/mol. The van der Waals surface area contributed by atoms with Crippen molar-refractivity contribution in [1.82, 2.24) is 0 Å². The molecule has 142 valence electrons. The molecule has 26 heavy (non-hydrogen) atoms. The Morgan fingerprint density at radius 1 is 1.38 bits per heavy atom. The molecular formula is C20H26O6. The highest BCUT2D eigenvalue weighted by atomic mass is 16.7. The summed E-state index contributed by atoms with van der Waals surface area (Å²) in [5, 5.41) is 21.3. The van der Waals surface area contributed by atoms with Crippen molar-refractivity contribution < 1.29 is 28.9 Å². The van der Waals surface area contributed by atoms with E-state index in [4.69, 9.17) is 13.9 Å². The standard InChI is InChI=1S/C20H26O6/c1-12-7-16(22)20-11-25-17-19(12,8-14(26-17)13-4-6-24-9-13)15(20)3-2-5-18(20,23)10-21/h4,6,9,12,14-15,17,21,23H,2-3,5,7-8,10-11H2,1H3/t12-,14+,15-,17+,18+,19+,20+/m1/s1. The van der Waals surface area contributed by atoms with E-state index in [0.29, 0.717) is 12.8 Å². The zero-order valence-electron chi connectivity index (χ0n) is 15.0. The van der Waals surface area contributed by atoms with Crippen LogP contribution in [0.2, 0.25) is 0 Å². The van der Waals surface area contributed by atoms with Gasteiger partial charge in [0.15, 0.2) is 6.29 Å². The fourth-order valence-electron chi connectivity index (χ4n) is 6.64. The first-order chi connectivity index (χ1) is 12.5. The lowest BCUT2D eigenvalue weighted by molar-refractivity contribution is -0.319. The summed E-state index contributed by atoms with van der Waals surface area (Å²) in [6, 6.07) is 1.91. The van der Waals surface area contributed by atoms with Gasteiger partial charge in [-0.1, -0.05) is 13.3 Å². The second-order valence-electron chi connectivity index (χ2n) is 8.78. The number of ether oxygens (including phenoxy) is 2. The molecule has 0 unspecified atom stereocenters. The molecule has 2 aliphatic heterocycles. The van der Waals surface area contributed by atoms with Crippen LogP contribution in [0, 0.1) is 22.7 Å². The molecule has 1 aromatic heterocycles. The number of carbonyl (C=O) groups excluding carboxylic acids is 1. The first-order valence-corrected chi connectivity index (χ1v) is 9.64. The summed E-state index contributed by atoms with van der Waals surface area (Å²) >= 11 is 0. The van der Waals surface area contributed by atoms with E-state index >= 15 is 0 Å². The molecule has 2 N–H and O–H groups in total. The maximum Gasteiger partial charge on any atom is 0.164 e. The number of furan rings is 1. The smallest absolute Gasteiger partial charge is 0.164 e. The molecule has 2 saturated carbocycles. The molecule has 2 saturated heterocycles. The molecule has 7 atom stereocenters. The number of aliphatic hydroxyl groups excluding tert-OH is 1. The maximum absolute atomic E-state index is 13.2. The molecule has 4 fully saturated rings. The van der Waals surface area contributed by atoms with E-state index in [1.165, 1.54) is 0 Å². The van der Waals surface area contributed by atoms with Gasteiger partial charge >= 0.3 is 0 Å². The summed E-state index contributed by atoms with van der Waals surface area (Å²) in [4.78, 5) is 13.2. The third-order valence-electron chi connectivity index (χ3n) is 7.97. The lowest BCUT2D eigenvalue weighted by Crippen LogP contribution is -2.74. The third kappa shape index (κ3) is 1.79. The Morgan fingerprint density at radius 3 is 2.96 bits per heavy atom. The average Bonchev–Trinajstić information content (AvgIpc) is 3.28. The average molecular weight is 362 g/mol. The van der Waals surface area contributed by atoms with E-state index in [-0.39, 0.29) is 42.0 Å². The molecular weight excluding hydrogens is 336 g/mol. The highest BCUT2D eigenvalue weighted by Gasteiger charge is 2.75. The molecule has 0 aromatic carbocycles. The Hall–Kier alpha value is -1.21. The van der Waals surface area contributed by atoms with E-state index in [0.717, 1.165) is 24.8 Å². The van der Waals surface area contributed by atoms with Gasteiger partial charge in [-0.25, -0.2) is 0 Å². The van der Waals surface area contributed by atoms with Gasteiger partial charge in [0.2, 0.25) is 0 Å². The van der Waals surface area contributed by atoms with Crippen LogP contribution in [0.15, 0.2) is 23.0 Å².